The molecule has 0 unspecified atom stereocenters. The van der Waals surface area contributed by atoms with Crippen molar-refractivity contribution in [2.24, 2.45) is 0 Å². The monoisotopic (exact) mass is 383 g/mol. The maximum Gasteiger partial charge on any atom is 0.233 e. The molecule has 1 aromatic heterocycles. The molecule has 1 amide bonds. The van der Waals surface area contributed by atoms with Gasteiger partial charge in [-0.1, -0.05) is 41.7 Å². The molecule has 0 atom stereocenters. The Bertz CT molecular complexity index is 902. The SMILES string of the molecule is Cc1cccc2sc(N3CCN(C(=O)CSc4ccccc4)CC3)nc12. The highest BCUT2D eigenvalue weighted by Crippen LogP contribution is 2.31. The van der Waals surface area contributed by atoms with Gasteiger partial charge in [0.1, 0.15) is 0 Å². The van der Waals surface area contributed by atoms with Crippen molar-refractivity contribution >= 4 is 44.4 Å². The van der Waals surface area contributed by atoms with Crippen LogP contribution in [0.25, 0.3) is 10.2 Å². The third-order valence-electron chi connectivity index (χ3n) is 4.62. The van der Waals surface area contributed by atoms with Crippen LogP contribution in [-0.4, -0.2) is 47.7 Å². The van der Waals surface area contributed by atoms with Gasteiger partial charge in [-0.3, -0.25) is 4.79 Å². The standard InChI is InChI=1S/C20H21N3OS2/c1-15-6-5-9-17-19(15)21-20(26-17)23-12-10-22(11-13-23)18(24)14-25-16-7-3-2-4-8-16/h2-9H,10-14H2,1H3. The Balaban J connectivity index is 1.34. The smallest absolute Gasteiger partial charge is 0.233 e. The summed E-state index contributed by atoms with van der Waals surface area (Å²) >= 11 is 3.35. The molecule has 0 bridgehead atoms. The van der Waals surface area contributed by atoms with Crippen LogP contribution in [0, 0.1) is 6.92 Å². The van der Waals surface area contributed by atoms with Gasteiger partial charge in [-0.25, -0.2) is 4.98 Å². The summed E-state index contributed by atoms with van der Waals surface area (Å²) in [4.78, 5) is 22.7. The zero-order valence-electron chi connectivity index (χ0n) is 14.7. The fraction of sp³-hybridized carbons (Fsp3) is 0.300. The lowest BCUT2D eigenvalue weighted by atomic mass is 10.2. The lowest BCUT2D eigenvalue weighted by Crippen LogP contribution is -2.49. The average molecular weight is 384 g/mol. The van der Waals surface area contributed by atoms with E-state index in [-0.39, 0.29) is 5.91 Å². The Labute approximate surface area is 161 Å². The molecule has 4 rings (SSSR count). The molecule has 0 N–H and O–H groups in total. The van der Waals surface area contributed by atoms with E-state index in [0.29, 0.717) is 5.75 Å². The van der Waals surface area contributed by atoms with Crippen LogP contribution in [0.15, 0.2) is 53.4 Å². The summed E-state index contributed by atoms with van der Waals surface area (Å²) in [7, 11) is 0. The molecule has 1 aliphatic heterocycles. The molecule has 4 nitrogen and oxygen atoms in total. The van der Waals surface area contributed by atoms with Crippen molar-refractivity contribution in [3.63, 3.8) is 0 Å². The Morgan fingerprint density at radius 1 is 1.08 bits per heavy atom. The molecule has 6 heteroatoms. The molecule has 0 saturated carbocycles. The van der Waals surface area contributed by atoms with Crippen molar-refractivity contribution in [2.45, 2.75) is 11.8 Å². The number of aryl methyl sites for hydroxylation is 1. The summed E-state index contributed by atoms with van der Waals surface area (Å²) in [6.45, 7) is 5.33. The van der Waals surface area contributed by atoms with Crippen molar-refractivity contribution in [2.75, 3.05) is 36.8 Å². The quantitative estimate of drug-likeness (QED) is 0.637. The van der Waals surface area contributed by atoms with Gasteiger partial charge in [0.2, 0.25) is 5.91 Å². The third-order valence-corrected chi connectivity index (χ3v) is 6.70. The van der Waals surface area contributed by atoms with Crippen LogP contribution >= 0.6 is 23.1 Å². The van der Waals surface area contributed by atoms with Crippen LogP contribution in [0.4, 0.5) is 5.13 Å². The maximum atomic E-state index is 12.5. The van der Waals surface area contributed by atoms with Crippen LogP contribution in [0.3, 0.4) is 0 Å². The van der Waals surface area contributed by atoms with E-state index in [4.69, 9.17) is 4.98 Å². The largest absolute Gasteiger partial charge is 0.345 e. The number of anilines is 1. The van der Waals surface area contributed by atoms with Gasteiger partial charge in [0.25, 0.3) is 0 Å². The minimum Gasteiger partial charge on any atom is -0.345 e. The average Bonchev–Trinajstić information content (AvgIpc) is 3.13. The van der Waals surface area contributed by atoms with Crippen LogP contribution in [0.5, 0.6) is 0 Å². The molecule has 1 saturated heterocycles. The number of hydrogen-bond donors (Lipinski definition) is 0. The second kappa shape index (κ2) is 7.68. The van der Waals surface area contributed by atoms with E-state index in [2.05, 4.69) is 30.0 Å². The number of nitrogens with zero attached hydrogens (tertiary/aromatic N) is 3. The van der Waals surface area contributed by atoms with Gasteiger partial charge in [-0.15, -0.1) is 11.8 Å². The zero-order valence-corrected chi connectivity index (χ0v) is 16.4. The van der Waals surface area contributed by atoms with Gasteiger partial charge >= 0.3 is 0 Å². The number of carbonyl (C=O) groups excluding carboxylic acids is 1. The Morgan fingerprint density at radius 2 is 1.85 bits per heavy atom. The summed E-state index contributed by atoms with van der Waals surface area (Å²) in [5, 5.41) is 1.07. The first-order valence-corrected chi connectivity index (χ1v) is 10.6. The van der Waals surface area contributed by atoms with Crippen LogP contribution in [0.1, 0.15) is 5.56 Å². The molecular formula is C20H21N3OS2. The molecule has 3 aromatic rings. The summed E-state index contributed by atoms with van der Waals surface area (Å²) in [6.07, 6.45) is 0. The molecule has 2 aromatic carbocycles. The van der Waals surface area contributed by atoms with Gasteiger partial charge in [0.15, 0.2) is 5.13 Å². The molecule has 26 heavy (non-hydrogen) atoms. The van der Waals surface area contributed by atoms with Crippen molar-refractivity contribution in [1.29, 1.82) is 0 Å². The van der Waals surface area contributed by atoms with E-state index in [9.17, 15) is 4.79 Å². The number of aromatic nitrogens is 1. The second-order valence-corrected chi connectivity index (χ2v) is 8.45. The van der Waals surface area contributed by atoms with Crippen molar-refractivity contribution in [1.82, 2.24) is 9.88 Å². The molecule has 2 heterocycles. The lowest BCUT2D eigenvalue weighted by Gasteiger charge is -2.34. The number of thiazole rings is 1. The predicted octanol–water partition coefficient (Wildman–Crippen LogP) is 4.05. The van der Waals surface area contributed by atoms with Crippen LogP contribution in [-0.2, 0) is 4.79 Å². The second-order valence-electron chi connectivity index (χ2n) is 6.39. The number of benzene rings is 2. The summed E-state index contributed by atoms with van der Waals surface area (Å²) < 4.78 is 1.23. The lowest BCUT2D eigenvalue weighted by molar-refractivity contribution is -0.128. The van der Waals surface area contributed by atoms with E-state index < -0.39 is 0 Å². The van der Waals surface area contributed by atoms with Crippen molar-refractivity contribution < 1.29 is 4.79 Å². The first-order valence-electron chi connectivity index (χ1n) is 8.77. The molecule has 0 radical (unpaired) electrons. The Morgan fingerprint density at radius 3 is 2.58 bits per heavy atom. The molecule has 0 aliphatic carbocycles. The maximum absolute atomic E-state index is 12.5. The normalized spacial score (nSPS) is 14.8. The summed E-state index contributed by atoms with van der Waals surface area (Å²) in [6, 6.07) is 16.4. The number of amides is 1. The van der Waals surface area contributed by atoms with E-state index in [0.717, 1.165) is 41.7 Å². The first-order chi connectivity index (χ1) is 12.7. The topological polar surface area (TPSA) is 36.4 Å². The number of para-hydroxylation sites is 1. The van der Waals surface area contributed by atoms with Gasteiger partial charge < -0.3 is 9.80 Å². The van der Waals surface area contributed by atoms with Gasteiger partial charge in [-0.2, -0.15) is 0 Å². The molecule has 134 valence electrons. The number of fused-ring (bicyclic) bond motifs is 1. The number of thioether (sulfide) groups is 1. The van der Waals surface area contributed by atoms with Gasteiger partial charge in [-0.05, 0) is 30.7 Å². The minimum absolute atomic E-state index is 0.221. The first kappa shape index (κ1) is 17.4. The van der Waals surface area contributed by atoms with Gasteiger partial charge in [0, 0.05) is 31.1 Å². The highest BCUT2D eigenvalue weighted by atomic mass is 32.2. The fourth-order valence-electron chi connectivity index (χ4n) is 3.11. The van der Waals surface area contributed by atoms with Crippen molar-refractivity contribution in [3.8, 4) is 0 Å². The van der Waals surface area contributed by atoms with E-state index in [1.165, 1.54) is 10.3 Å². The molecular weight excluding hydrogens is 362 g/mol. The highest BCUT2D eigenvalue weighted by Gasteiger charge is 2.23. The number of rotatable bonds is 4. The zero-order chi connectivity index (χ0) is 17.9. The van der Waals surface area contributed by atoms with Crippen LogP contribution in [0.2, 0.25) is 0 Å². The number of carbonyl (C=O) groups is 1. The number of piperazine rings is 1. The molecule has 0 spiro atoms. The molecule has 1 aliphatic rings. The minimum atomic E-state index is 0.221. The van der Waals surface area contributed by atoms with Crippen LogP contribution < -0.4 is 4.90 Å². The van der Waals surface area contributed by atoms with Gasteiger partial charge in [0.05, 0.1) is 16.0 Å². The Kier molecular flexibility index (Phi) is 5.13. The number of hydrogen-bond acceptors (Lipinski definition) is 5. The summed E-state index contributed by atoms with van der Waals surface area (Å²) in [5.41, 5.74) is 2.32. The fourth-order valence-corrected chi connectivity index (χ4v) is 5.03. The summed E-state index contributed by atoms with van der Waals surface area (Å²) in [5.74, 6) is 0.725. The van der Waals surface area contributed by atoms with E-state index in [1.807, 2.05) is 35.2 Å². The van der Waals surface area contributed by atoms with E-state index in [1.54, 1.807) is 23.1 Å². The van der Waals surface area contributed by atoms with Crippen molar-refractivity contribution in [3.05, 3.63) is 54.1 Å². The molecule has 1 fully saturated rings. The van der Waals surface area contributed by atoms with E-state index >= 15 is 0 Å². The highest BCUT2D eigenvalue weighted by molar-refractivity contribution is 8.00. The predicted molar refractivity (Wildman–Crippen MR) is 110 cm³/mol. The Hall–Kier alpha value is -2.05. The third kappa shape index (κ3) is 3.71.